The maximum atomic E-state index is 6.19. The average molecular weight is 264 g/mol. The molecule has 0 aliphatic carbocycles. The number of hydrogen-bond donors (Lipinski definition) is 1. The van der Waals surface area contributed by atoms with Crippen molar-refractivity contribution in [3.8, 4) is 11.5 Å². The molecule has 1 heterocycles. The molecule has 0 spiro atoms. The van der Waals surface area contributed by atoms with E-state index in [1.54, 1.807) is 14.2 Å². The fourth-order valence-electron chi connectivity index (χ4n) is 2.63. The van der Waals surface area contributed by atoms with Crippen LogP contribution in [0.4, 0.5) is 5.69 Å². The minimum absolute atomic E-state index is 0.114. The van der Waals surface area contributed by atoms with Gasteiger partial charge in [-0.3, -0.25) is 0 Å². The van der Waals surface area contributed by atoms with Crippen LogP contribution in [0, 0.1) is 5.41 Å². The molecule has 4 heteroatoms. The summed E-state index contributed by atoms with van der Waals surface area (Å²) in [6, 6.07) is 6.22. The highest BCUT2D eigenvalue weighted by atomic mass is 16.5. The van der Waals surface area contributed by atoms with Gasteiger partial charge >= 0.3 is 0 Å². The first kappa shape index (κ1) is 14.0. The summed E-state index contributed by atoms with van der Waals surface area (Å²) < 4.78 is 10.7. The number of piperidine rings is 1. The quantitative estimate of drug-likeness (QED) is 0.910. The zero-order valence-electron chi connectivity index (χ0n) is 12.3. The molecule has 1 aromatic rings. The first-order chi connectivity index (χ1) is 8.97. The Morgan fingerprint density at radius 3 is 2.58 bits per heavy atom. The van der Waals surface area contributed by atoms with Gasteiger partial charge in [0.25, 0.3) is 0 Å². The molecule has 1 aromatic carbocycles. The summed E-state index contributed by atoms with van der Waals surface area (Å²) in [6.07, 6.45) is 1.00. The number of hydrogen-bond acceptors (Lipinski definition) is 4. The third-order valence-corrected chi connectivity index (χ3v) is 4.04. The molecule has 2 N–H and O–H groups in total. The Hall–Kier alpha value is -1.42. The largest absolute Gasteiger partial charge is 0.497 e. The highest BCUT2D eigenvalue weighted by Crippen LogP contribution is 2.37. The molecular formula is C15H24N2O2. The fraction of sp³-hybridized carbons (Fsp3) is 0.600. The average Bonchev–Trinajstić information content (AvgIpc) is 2.41. The Morgan fingerprint density at radius 2 is 2.00 bits per heavy atom. The van der Waals surface area contributed by atoms with Gasteiger partial charge in [0.05, 0.1) is 19.9 Å². The third-order valence-electron chi connectivity index (χ3n) is 4.04. The van der Waals surface area contributed by atoms with Crippen LogP contribution < -0.4 is 20.1 Å². The summed E-state index contributed by atoms with van der Waals surface area (Å²) in [5.41, 5.74) is 7.42. The second-order valence-electron chi connectivity index (χ2n) is 5.84. The van der Waals surface area contributed by atoms with Gasteiger partial charge in [-0.2, -0.15) is 0 Å². The minimum atomic E-state index is 0.114. The van der Waals surface area contributed by atoms with Crippen molar-refractivity contribution in [1.29, 1.82) is 0 Å². The smallest absolute Gasteiger partial charge is 0.145 e. The van der Waals surface area contributed by atoms with E-state index < -0.39 is 0 Å². The molecule has 1 aliphatic heterocycles. The van der Waals surface area contributed by atoms with Crippen LogP contribution >= 0.6 is 0 Å². The molecule has 0 radical (unpaired) electrons. The number of ether oxygens (including phenoxy) is 2. The second-order valence-corrected chi connectivity index (χ2v) is 5.84. The van der Waals surface area contributed by atoms with Crippen molar-refractivity contribution in [1.82, 2.24) is 0 Å². The second kappa shape index (κ2) is 5.29. The van der Waals surface area contributed by atoms with Gasteiger partial charge in [0.15, 0.2) is 0 Å². The Bertz CT molecular complexity index is 446. The van der Waals surface area contributed by atoms with E-state index in [2.05, 4.69) is 24.8 Å². The monoisotopic (exact) mass is 264 g/mol. The number of methoxy groups -OCH3 is 2. The molecule has 1 unspecified atom stereocenters. The molecule has 0 bridgehead atoms. The van der Waals surface area contributed by atoms with Crippen LogP contribution in [-0.2, 0) is 0 Å². The lowest BCUT2D eigenvalue weighted by atomic mass is 9.79. The van der Waals surface area contributed by atoms with E-state index in [9.17, 15) is 0 Å². The van der Waals surface area contributed by atoms with Gasteiger partial charge in [-0.1, -0.05) is 13.8 Å². The molecule has 0 saturated carbocycles. The summed E-state index contributed by atoms with van der Waals surface area (Å²) in [4.78, 5) is 2.35. The Kier molecular flexibility index (Phi) is 3.90. The molecule has 2 rings (SSSR count). The van der Waals surface area contributed by atoms with Crippen LogP contribution in [-0.4, -0.2) is 33.4 Å². The summed E-state index contributed by atoms with van der Waals surface area (Å²) in [6.45, 7) is 6.35. The summed E-state index contributed by atoms with van der Waals surface area (Å²) >= 11 is 0. The van der Waals surface area contributed by atoms with Crippen LogP contribution in [0.25, 0.3) is 0 Å². The zero-order valence-corrected chi connectivity index (χ0v) is 12.3. The Labute approximate surface area is 115 Å². The van der Waals surface area contributed by atoms with Gasteiger partial charge in [-0.25, -0.2) is 0 Å². The molecule has 4 nitrogen and oxygen atoms in total. The van der Waals surface area contributed by atoms with Gasteiger partial charge in [0.2, 0.25) is 0 Å². The van der Waals surface area contributed by atoms with E-state index in [1.165, 1.54) is 0 Å². The summed E-state index contributed by atoms with van der Waals surface area (Å²) in [5.74, 6) is 1.67. The standard InChI is InChI=1S/C15H24N2O2/c1-15(2)10-17(8-7-14(15)16)12-6-5-11(18-3)9-13(12)19-4/h5-6,9,14H,7-8,10,16H2,1-4H3. The first-order valence-electron chi connectivity index (χ1n) is 6.70. The van der Waals surface area contributed by atoms with Crippen molar-refractivity contribution in [2.75, 3.05) is 32.2 Å². The van der Waals surface area contributed by atoms with E-state index in [1.807, 2.05) is 12.1 Å². The Balaban J connectivity index is 2.27. The maximum absolute atomic E-state index is 6.19. The lowest BCUT2D eigenvalue weighted by molar-refractivity contribution is 0.244. The van der Waals surface area contributed by atoms with Gasteiger partial charge in [0, 0.05) is 25.2 Å². The van der Waals surface area contributed by atoms with Crippen molar-refractivity contribution >= 4 is 5.69 Å². The molecule has 0 aromatic heterocycles. The van der Waals surface area contributed by atoms with Gasteiger partial charge in [0.1, 0.15) is 11.5 Å². The van der Waals surface area contributed by atoms with Gasteiger partial charge in [-0.15, -0.1) is 0 Å². The van der Waals surface area contributed by atoms with E-state index in [0.29, 0.717) is 0 Å². The van der Waals surface area contributed by atoms with E-state index in [0.717, 1.165) is 36.7 Å². The predicted molar refractivity (Wildman–Crippen MR) is 78.1 cm³/mol. The number of rotatable bonds is 3. The lowest BCUT2D eigenvalue weighted by Crippen LogP contribution is -2.52. The number of nitrogens with two attached hydrogens (primary N) is 1. The molecule has 1 aliphatic rings. The number of anilines is 1. The third kappa shape index (κ3) is 2.78. The maximum Gasteiger partial charge on any atom is 0.145 e. The van der Waals surface area contributed by atoms with Crippen LogP contribution in [0.2, 0.25) is 0 Å². The van der Waals surface area contributed by atoms with E-state index in [4.69, 9.17) is 15.2 Å². The SMILES string of the molecule is COc1ccc(N2CCC(N)C(C)(C)C2)c(OC)c1. The van der Waals surface area contributed by atoms with Gasteiger partial charge < -0.3 is 20.1 Å². The topological polar surface area (TPSA) is 47.7 Å². The summed E-state index contributed by atoms with van der Waals surface area (Å²) in [7, 11) is 3.36. The van der Waals surface area contributed by atoms with Crippen molar-refractivity contribution in [3.05, 3.63) is 18.2 Å². The molecule has 1 saturated heterocycles. The van der Waals surface area contributed by atoms with Crippen molar-refractivity contribution < 1.29 is 9.47 Å². The minimum Gasteiger partial charge on any atom is -0.497 e. The van der Waals surface area contributed by atoms with Crippen molar-refractivity contribution in [2.45, 2.75) is 26.3 Å². The lowest BCUT2D eigenvalue weighted by Gasteiger charge is -2.44. The number of benzene rings is 1. The highest BCUT2D eigenvalue weighted by molar-refractivity contribution is 5.61. The molecular weight excluding hydrogens is 240 g/mol. The van der Waals surface area contributed by atoms with E-state index >= 15 is 0 Å². The van der Waals surface area contributed by atoms with Crippen LogP contribution in [0.15, 0.2) is 18.2 Å². The Morgan fingerprint density at radius 1 is 1.26 bits per heavy atom. The zero-order chi connectivity index (χ0) is 14.0. The molecule has 1 fully saturated rings. The molecule has 19 heavy (non-hydrogen) atoms. The fourth-order valence-corrected chi connectivity index (χ4v) is 2.63. The van der Waals surface area contributed by atoms with Crippen LogP contribution in [0.3, 0.4) is 0 Å². The van der Waals surface area contributed by atoms with E-state index in [-0.39, 0.29) is 11.5 Å². The number of nitrogens with zero attached hydrogens (tertiary/aromatic N) is 1. The first-order valence-corrected chi connectivity index (χ1v) is 6.70. The predicted octanol–water partition coefficient (Wildman–Crippen LogP) is 2.27. The summed E-state index contributed by atoms with van der Waals surface area (Å²) in [5, 5.41) is 0. The van der Waals surface area contributed by atoms with Crippen LogP contribution in [0.1, 0.15) is 20.3 Å². The van der Waals surface area contributed by atoms with Crippen molar-refractivity contribution in [2.24, 2.45) is 11.1 Å². The highest BCUT2D eigenvalue weighted by Gasteiger charge is 2.34. The van der Waals surface area contributed by atoms with Crippen molar-refractivity contribution in [3.63, 3.8) is 0 Å². The normalized spacial score (nSPS) is 22.2. The molecule has 0 amide bonds. The molecule has 106 valence electrons. The van der Waals surface area contributed by atoms with Crippen LogP contribution in [0.5, 0.6) is 11.5 Å². The molecule has 1 atom stereocenters. The van der Waals surface area contributed by atoms with Gasteiger partial charge in [-0.05, 0) is 24.0 Å².